The maximum atomic E-state index is 10.6. The van der Waals surface area contributed by atoms with Crippen LogP contribution in [0.25, 0.3) is 6.08 Å². The summed E-state index contributed by atoms with van der Waals surface area (Å²) >= 11 is 0. The van der Waals surface area contributed by atoms with E-state index in [0.717, 1.165) is 16.9 Å². The molecular formula is C15H14N2O2. The number of nitrogens with two attached hydrogens (primary N) is 1. The fourth-order valence-corrected chi connectivity index (χ4v) is 1.50. The van der Waals surface area contributed by atoms with Crippen molar-refractivity contribution >= 4 is 12.0 Å². The normalized spacial score (nSPS) is 10.5. The number of carbonyl (C=O) groups is 1. The fourth-order valence-electron chi connectivity index (χ4n) is 1.50. The standard InChI is InChI=1S/C15H14N2O2/c16-15(18)8-5-12-3-6-14(7-4-12)19-11-13-2-1-9-17-10-13/h1-10H,11H2,(H2,16,18)/b8-5+. The van der Waals surface area contributed by atoms with Crippen LogP contribution in [0.4, 0.5) is 0 Å². The van der Waals surface area contributed by atoms with E-state index in [1.165, 1.54) is 6.08 Å². The van der Waals surface area contributed by atoms with Crippen LogP contribution < -0.4 is 10.5 Å². The van der Waals surface area contributed by atoms with Gasteiger partial charge in [0.15, 0.2) is 0 Å². The monoisotopic (exact) mass is 254 g/mol. The molecule has 2 rings (SSSR count). The molecule has 1 amide bonds. The first kappa shape index (κ1) is 12.8. The number of nitrogens with zero attached hydrogens (tertiary/aromatic N) is 1. The molecule has 1 aromatic carbocycles. The Balaban J connectivity index is 1.94. The van der Waals surface area contributed by atoms with Crippen molar-refractivity contribution in [2.24, 2.45) is 5.73 Å². The lowest BCUT2D eigenvalue weighted by Gasteiger charge is -2.05. The van der Waals surface area contributed by atoms with E-state index < -0.39 is 5.91 Å². The molecule has 0 atom stereocenters. The minimum absolute atomic E-state index is 0.461. The van der Waals surface area contributed by atoms with Gasteiger partial charge in [0, 0.05) is 24.0 Å². The van der Waals surface area contributed by atoms with E-state index in [0.29, 0.717) is 6.61 Å². The summed E-state index contributed by atoms with van der Waals surface area (Å²) in [6.45, 7) is 0.476. The van der Waals surface area contributed by atoms with Crippen LogP contribution in [0.1, 0.15) is 11.1 Å². The molecule has 2 N–H and O–H groups in total. The van der Waals surface area contributed by atoms with Crippen molar-refractivity contribution in [3.63, 3.8) is 0 Å². The minimum atomic E-state index is -0.461. The third-order valence-corrected chi connectivity index (χ3v) is 2.45. The molecule has 19 heavy (non-hydrogen) atoms. The van der Waals surface area contributed by atoms with E-state index in [9.17, 15) is 4.79 Å². The molecule has 0 spiro atoms. The first-order valence-corrected chi connectivity index (χ1v) is 5.83. The van der Waals surface area contributed by atoms with Gasteiger partial charge in [-0.3, -0.25) is 9.78 Å². The van der Waals surface area contributed by atoms with Gasteiger partial charge in [-0.1, -0.05) is 18.2 Å². The smallest absolute Gasteiger partial charge is 0.241 e. The van der Waals surface area contributed by atoms with Crippen LogP contribution >= 0.6 is 0 Å². The Hall–Kier alpha value is -2.62. The summed E-state index contributed by atoms with van der Waals surface area (Å²) in [5, 5.41) is 0. The summed E-state index contributed by atoms with van der Waals surface area (Å²) in [7, 11) is 0. The number of primary amides is 1. The predicted molar refractivity (Wildman–Crippen MR) is 73.2 cm³/mol. The molecule has 0 aliphatic carbocycles. The quantitative estimate of drug-likeness (QED) is 0.831. The lowest BCUT2D eigenvalue weighted by Crippen LogP contribution is -2.05. The Morgan fingerprint density at radius 3 is 2.68 bits per heavy atom. The van der Waals surface area contributed by atoms with Crippen LogP contribution in [0.3, 0.4) is 0 Å². The SMILES string of the molecule is NC(=O)/C=C/c1ccc(OCc2cccnc2)cc1. The minimum Gasteiger partial charge on any atom is -0.489 e. The van der Waals surface area contributed by atoms with Crippen molar-refractivity contribution in [3.05, 3.63) is 66.0 Å². The lowest BCUT2D eigenvalue weighted by atomic mass is 10.2. The Morgan fingerprint density at radius 1 is 1.26 bits per heavy atom. The van der Waals surface area contributed by atoms with Crippen LogP contribution in [0.5, 0.6) is 5.75 Å². The molecule has 4 heteroatoms. The number of ether oxygens (including phenoxy) is 1. The van der Waals surface area contributed by atoms with E-state index in [1.807, 2.05) is 36.4 Å². The van der Waals surface area contributed by atoms with E-state index in [-0.39, 0.29) is 0 Å². The third kappa shape index (κ3) is 4.27. The zero-order valence-electron chi connectivity index (χ0n) is 10.3. The van der Waals surface area contributed by atoms with Gasteiger partial charge >= 0.3 is 0 Å². The number of amides is 1. The zero-order chi connectivity index (χ0) is 13.5. The van der Waals surface area contributed by atoms with Gasteiger partial charge in [0.2, 0.25) is 5.91 Å². The van der Waals surface area contributed by atoms with Crippen LogP contribution in [0.2, 0.25) is 0 Å². The third-order valence-electron chi connectivity index (χ3n) is 2.45. The average molecular weight is 254 g/mol. The number of rotatable bonds is 5. The molecule has 1 heterocycles. The maximum Gasteiger partial charge on any atom is 0.241 e. The van der Waals surface area contributed by atoms with Crippen molar-refractivity contribution in [2.75, 3.05) is 0 Å². The van der Waals surface area contributed by atoms with Gasteiger partial charge in [-0.05, 0) is 29.8 Å². The van der Waals surface area contributed by atoms with E-state index in [1.54, 1.807) is 18.5 Å². The number of aromatic nitrogens is 1. The summed E-state index contributed by atoms with van der Waals surface area (Å²) in [6, 6.07) is 11.2. The van der Waals surface area contributed by atoms with Crippen LogP contribution in [-0.2, 0) is 11.4 Å². The Bertz CT molecular complexity index is 562. The molecule has 0 aliphatic rings. The molecule has 2 aromatic rings. The van der Waals surface area contributed by atoms with Crippen molar-refractivity contribution in [3.8, 4) is 5.75 Å². The second-order valence-corrected chi connectivity index (χ2v) is 3.95. The van der Waals surface area contributed by atoms with Gasteiger partial charge in [-0.2, -0.15) is 0 Å². The van der Waals surface area contributed by atoms with E-state index in [4.69, 9.17) is 10.5 Å². The molecule has 0 radical (unpaired) electrons. The second kappa shape index (κ2) is 6.35. The lowest BCUT2D eigenvalue weighted by molar-refractivity contribution is -0.113. The molecule has 0 fully saturated rings. The van der Waals surface area contributed by atoms with Gasteiger partial charge in [0.05, 0.1) is 0 Å². The molecule has 0 unspecified atom stereocenters. The van der Waals surface area contributed by atoms with Crippen molar-refractivity contribution in [1.29, 1.82) is 0 Å². The zero-order valence-corrected chi connectivity index (χ0v) is 10.3. The predicted octanol–water partition coefficient (Wildman–Crippen LogP) is 2.16. The molecule has 0 saturated heterocycles. The first-order valence-electron chi connectivity index (χ1n) is 5.83. The maximum absolute atomic E-state index is 10.6. The number of carbonyl (C=O) groups excluding carboxylic acids is 1. The van der Waals surface area contributed by atoms with E-state index in [2.05, 4.69) is 4.98 Å². The van der Waals surface area contributed by atoms with Gasteiger partial charge in [-0.25, -0.2) is 0 Å². The second-order valence-electron chi connectivity index (χ2n) is 3.95. The molecule has 0 saturated carbocycles. The number of pyridine rings is 1. The van der Waals surface area contributed by atoms with Gasteiger partial charge < -0.3 is 10.5 Å². The van der Waals surface area contributed by atoms with Crippen molar-refractivity contribution < 1.29 is 9.53 Å². The topological polar surface area (TPSA) is 65.2 Å². The van der Waals surface area contributed by atoms with Crippen molar-refractivity contribution in [1.82, 2.24) is 4.98 Å². The van der Waals surface area contributed by atoms with Crippen molar-refractivity contribution in [2.45, 2.75) is 6.61 Å². The van der Waals surface area contributed by atoms with Crippen LogP contribution in [0.15, 0.2) is 54.9 Å². The molecule has 4 nitrogen and oxygen atoms in total. The largest absolute Gasteiger partial charge is 0.489 e. The highest BCUT2D eigenvalue weighted by Crippen LogP contribution is 2.14. The summed E-state index contributed by atoms with van der Waals surface area (Å²) in [5.74, 6) is 0.303. The summed E-state index contributed by atoms with van der Waals surface area (Å²) in [5.41, 5.74) is 6.94. The van der Waals surface area contributed by atoms with Crippen LogP contribution in [0, 0.1) is 0 Å². The first-order chi connectivity index (χ1) is 9.24. The number of hydrogen-bond donors (Lipinski definition) is 1. The number of benzene rings is 1. The molecule has 0 bridgehead atoms. The highest BCUT2D eigenvalue weighted by molar-refractivity contribution is 5.90. The summed E-state index contributed by atoms with van der Waals surface area (Å²) in [6.07, 6.45) is 6.48. The number of hydrogen-bond acceptors (Lipinski definition) is 3. The molecule has 1 aromatic heterocycles. The fraction of sp³-hybridized carbons (Fsp3) is 0.0667. The Morgan fingerprint density at radius 2 is 2.05 bits per heavy atom. The summed E-state index contributed by atoms with van der Waals surface area (Å²) in [4.78, 5) is 14.6. The van der Waals surface area contributed by atoms with Gasteiger partial charge in [0.25, 0.3) is 0 Å². The Labute approximate surface area is 111 Å². The highest BCUT2D eigenvalue weighted by atomic mass is 16.5. The molecule has 0 aliphatic heterocycles. The van der Waals surface area contributed by atoms with Gasteiger partial charge in [-0.15, -0.1) is 0 Å². The highest BCUT2D eigenvalue weighted by Gasteiger charge is 1.96. The summed E-state index contributed by atoms with van der Waals surface area (Å²) < 4.78 is 5.62. The van der Waals surface area contributed by atoms with Crippen LogP contribution in [-0.4, -0.2) is 10.9 Å². The van der Waals surface area contributed by atoms with Gasteiger partial charge in [0.1, 0.15) is 12.4 Å². The molecular weight excluding hydrogens is 240 g/mol. The Kier molecular flexibility index (Phi) is 4.29. The molecule has 96 valence electrons. The average Bonchev–Trinajstić information content (AvgIpc) is 2.45. The van der Waals surface area contributed by atoms with E-state index >= 15 is 0 Å².